The zero-order chi connectivity index (χ0) is 16.0. The van der Waals surface area contributed by atoms with Gasteiger partial charge in [-0.2, -0.15) is 5.10 Å². The van der Waals surface area contributed by atoms with Gasteiger partial charge in [0.1, 0.15) is 5.58 Å². The van der Waals surface area contributed by atoms with Crippen molar-refractivity contribution >= 4 is 16.9 Å². The van der Waals surface area contributed by atoms with E-state index < -0.39 is 0 Å². The Balaban J connectivity index is 1.64. The number of hydrogen-bond acceptors (Lipinski definition) is 3. The van der Waals surface area contributed by atoms with Crippen LogP contribution in [0.15, 0.2) is 34.9 Å². The van der Waals surface area contributed by atoms with E-state index in [0.29, 0.717) is 5.76 Å². The molecular formula is C18H19N3O2. The molecule has 5 heteroatoms. The molecule has 1 aliphatic rings. The van der Waals surface area contributed by atoms with Gasteiger partial charge in [0.2, 0.25) is 0 Å². The number of para-hydroxylation sites is 1. The second kappa shape index (κ2) is 5.26. The number of rotatable bonds is 2. The van der Waals surface area contributed by atoms with Gasteiger partial charge in [0.25, 0.3) is 5.91 Å². The summed E-state index contributed by atoms with van der Waals surface area (Å²) in [7, 11) is 1.95. The van der Waals surface area contributed by atoms with Crippen molar-refractivity contribution in [3.8, 4) is 0 Å². The molecule has 23 heavy (non-hydrogen) atoms. The third-order valence-corrected chi connectivity index (χ3v) is 4.73. The predicted octanol–water partition coefficient (Wildman–Crippen LogP) is 3.28. The first-order valence-electron chi connectivity index (χ1n) is 7.95. The second-order valence-electron chi connectivity index (χ2n) is 6.14. The molecule has 1 amide bonds. The second-order valence-corrected chi connectivity index (χ2v) is 6.14. The molecule has 4 rings (SSSR count). The molecule has 2 aromatic heterocycles. The van der Waals surface area contributed by atoms with Crippen molar-refractivity contribution in [2.45, 2.75) is 32.2 Å². The van der Waals surface area contributed by atoms with Gasteiger partial charge >= 0.3 is 0 Å². The van der Waals surface area contributed by atoms with Gasteiger partial charge in [0, 0.05) is 29.3 Å². The highest BCUT2D eigenvalue weighted by atomic mass is 16.3. The van der Waals surface area contributed by atoms with Gasteiger partial charge < -0.3 is 9.73 Å². The predicted molar refractivity (Wildman–Crippen MR) is 87.3 cm³/mol. The largest absolute Gasteiger partial charge is 0.451 e. The van der Waals surface area contributed by atoms with Gasteiger partial charge in [-0.3, -0.25) is 9.48 Å². The van der Waals surface area contributed by atoms with E-state index >= 15 is 0 Å². The fraction of sp³-hybridized carbons (Fsp3) is 0.333. The number of benzene rings is 1. The Labute approximate surface area is 134 Å². The molecule has 1 aromatic carbocycles. The third kappa shape index (κ3) is 2.23. The first-order chi connectivity index (χ1) is 11.1. The number of carbonyl (C=O) groups excluding carboxylic acids is 1. The first kappa shape index (κ1) is 14.1. The highest BCUT2D eigenvalue weighted by molar-refractivity contribution is 5.99. The van der Waals surface area contributed by atoms with Gasteiger partial charge in [0.15, 0.2) is 5.76 Å². The van der Waals surface area contributed by atoms with E-state index in [1.54, 1.807) is 0 Å². The molecular weight excluding hydrogens is 290 g/mol. The smallest absolute Gasteiger partial charge is 0.287 e. The van der Waals surface area contributed by atoms with E-state index in [-0.39, 0.29) is 11.9 Å². The van der Waals surface area contributed by atoms with Gasteiger partial charge in [-0.15, -0.1) is 0 Å². The summed E-state index contributed by atoms with van der Waals surface area (Å²) in [6.45, 7) is 1.93. The van der Waals surface area contributed by atoms with E-state index in [2.05, 4.69) is 10.4 Å². The zero-order valence-corrected chi connectivity index (χ0v) is 13.3. The van der Waals surface area contributed by atoms with Crippen LogP contribution in [0.2, 0.25) is 0 Å². The van der Waals surface area contributed by atoms with Crippen molar-refractivity contribution in [2.24, 2.45) is 7.05 Å². The Kier molecular flexibility index (Phi) is 3.22. The fourth-order valence-electron chi connectivity index (χ4n) is 3.47. The molecule has 1 atom stereocenters. The average Bonchev–Trinajstić information content (AvgIpc) is 3.10. The Hall–Kier alpha value is -2.56. The lowest BCUT2D eigenvalue weighted by Crippen LogP contribution is -2.31. The lowest BCUT2D eigenvalue weighted by atomic mass is 9.93. The van der Waals surface area contributed by atoms with Gasteiger partial charge in [0.05, 0.1) is 12.2 Å². The van der Waals surface area contributed by atoms with Crippen LogP contribution in [0.1, 0.15) is 46.3 Å². The maximum Gasteiger partial charge on any atom is 0.287 e. The van der Waals surface area contributed by atoms with Crippen LogP contribution in [0.3, 0.4) is 0 Å². The lowest BCUT2D eigenvalue weighted by Gasteiger charge is -2.23. The van der Waals surface area contributed by atoms with Crippen LogP contribution in [0.4, 0.5) is 0 Å². The van der Waals surface area contributed by atoms with E-state index in [1.165, 1.54) is 5.69 Å². The van der Waals surface area contributed by atoms with E-state index in [1.807, 2.05) is 49.1 Å². The summed E-state index contributed by atoms with van der Waals surface area (Å²) in [6.07, 6.45) is 4.87. The van der Waals surface area contributed by atoms with Gasteiger partial charge in [-0.1, -0.05) is 18.2 Å². The minimum Gasteiger partial charge on any atom is -0.451 e. The van der Waals surface area contributed by atoms with Crippen LogP contribution in [-0.4, -0.2) is 15.7 Å². The number of nitrogens with one attached hydrogen (secondary N) is 1. The summed E-state index contributed by atoms with van der Waals surface area (Å²) < 4.78 is 7.67. The van der Waals surface area contributed by atoms with E-state index in [0.717, 1.165) is 41.4 Å². The highest BCUT2D eigenvalue weighted by Gasteiger charge is 2.27. The monoisotopic (exact) mass is 309 g/mol. The molecule has 0 fully saturated rings. The summed E-state index contributed by atoms with van der Waals surface area (Å²) in [5, 5.41) is 8.43. The van der Waals surface area contributed by atoms with Crippen LogP contribution in [0.25, 0.3) is 11.0 Å². The summed E-state index contributed by atoms with van der Waals surface area (Å²) in [4.78, 5) is 12.7. The third-order valence-electron chi connectivity index (χ3n) is 4.73. The van der Waals surface area contributed by atoms with Crippen molar-refractivity contribution in [3.63, 3.8) is 0 Å². The number of aromatic nitrogens is 2. The number of furan rings is 1. The van der Waals surface area contributed by atoms with Crippen LogP contribution in [-0.2, 0) is 13.5 Å². The van der Waals surface area contributed by atoms with E-state index in [4.69, 9.17) is 4.42 Å². The maximum absolute atomic E-state index is 12.7. The minimum absolute atomic E-state index is 0.00700. The SMILES string of the molecule is Cc1c(C(=O)NC2CCCc3c2cnn3C)oc2ccccc12. The van der Waals surface area contributed by atoms with Crippen molar-refractivity contribution < 1.29 is 9.21 Å². The highest BCUT2D eigenvalue weighted by Crippen LogP contribution is 2.30. The van der Waals surface area contributed by atoms with Crippen LogP contribution >= 0.6 is 0 Å². The van der Waals surface area contributed by atoms with Crippen molar-refractivity contribution in [1.29, 1.82) is 0 Å². The molecule has 0 radical (unpaired) electrons. The number of fused-ring (bicyclic) bond motifs is 2. The Morgan fingerprint density at radius 1 is 1.39 bits per heavy atom. The molecule has 0 saturated heterocycles. The Morgan fingerprint density at radius 3 is 3.04 bits per heavy atom. The molecule has 0 spiro atoms. The Bertz CT molecular complexity index is 891. The minimum atomic E-state index is -0.152. The molecule has 3 aromatic rings. The lowest BCUT2D eigenvalue weighted by molar-refractivity contribution is 0.0906. The number of hydrogen-bond donors (Lipinski definition) is 1. The molecule has 0 bridgehead atoms. The van der Waals surface area contributed by atoms with Gasteiger partial charge in [-0.05, 0) is 32.3 Å². The topological polar surface area (TPSA) is 60.1 Å². The molecule has 1 N–H and O–H groups in total. The Morgan fingerprint density at radius 2 is 2.22 bits per heavy atom. The molecule has 1 unspecified atom stereocenters. The number of amides is 1. The fourth-order valence-corrected chi connectivity index (χ4v) is 3.47. The summed E-state index contributed by atoms with van der Waals surface area (Å²) >= 11 is 0. The van der Waals surface area contributed by atoms with E-state index in [9.17, 15) is 4.79 Å². The maximum atomic E-state index is 12.7. The number of carbonyl (C=O) groups is 1. The normalized spacial score (nSPS) is 17.2. The van der Waals surface area contributed by atoms with Crippen LogP contribution in [0, 0.1) is 6.92 Å². The molecule has 0 saturated carbocycles. The average molecular weight is 309 g/mol. The number of aryl methyl sites for hydroxylation is 2. The zero-order valence-electron chi connectivity index (χ0n) is 13.3. The van der Waals surface area contributed by atoms with Crippen molar-refractivity contribution in [3.05, 3.63) is 53.0 Å². The summed E-state index contributed by atoms with van der Waals surface area (Å²) in [5.41, 5.74) is 3.98. The molecule has 118 valence electrons. The quantitative estimate of drug-likeness (QED) is 0.790. The molecule has 5 nitrogen and oxygen atoms in total. The molecule has 1 aliphatic carbocycles. The molecule has 2 heterocycles. The number of nitrogens with zero attached hydrogens (tertiary/aromatic N) is 2. The summed E-state index contributed by atoms with van der Waals surface area (Å²) in [6, 6.07) is 7.74. The van der Waals surface area contributed by atoms with Crippen molar-refractivity contribution in [1.82, 2.24) is 15.1 Å². The molecule has 0 aliphatic heterocycles. The van der Waals surface area contributed by atoms with Crippen LogP contribution in [0.5, 0.6) is 0 Å². The standard InChI is InChI=1S/C18H19N3O2/c1-11-12-6-3-4-9-16(12)23-17(11)18(22)20-14-7-5-8-15-13(14)10-19-21(15)2/h3-4,6,9-10,14H,5,7-8H2,1-2H3,(H,20,22). The first-order valence-corrected chi connectivity index (χ1v) is 7.95. The van der Waals surface area contributed by atoms with Crippen molar-refractivity contribution in [2.75, 3.05) is 0 Å². The van der Waals surface area contributed by atoms with Gasteiger partial charge in [-0.25, -0.2) is 0 Å². The summed E-state index contributed by atoms with van der Waals surface area (Å²) in [5.74, 6) is 0.252. The van der Waals surface area contributed by atoms with Crippen LogP contribution < -0.4 is 5.32 Å².